The lowest BCUT2D eigenvalue weighted by Gasteiger charge is -2.35. The van der Waals surface area contributed by atoms with Crippen LogP contribution >= 0.6 is 15.9 Å². The van der Waals surface area contributed by atoms with Crippen molar-refractivity contribution >= 4 is 27.7 Å². The number of hydrogen-bond donors (Lipinski definition) is 2. The minimum atomic E-state index is -0.601. The minimum Gasteiger partial charge on any atom is -0.476 e. The SMILES string of the molecule is CC(C)(CN)C1Oc2cc(Br)cnc2NC1=O. The summed E-state index contributed by atoms with van der Waals surface area (Å²) in [6.07, 6.45) is 1.01. The molecule has 2 rings (SSSR count). The number of nitrogens with two attached hydrogens (primary N) is 1. The number of aromatic nitrogens is 1. The van der Waals surface area contributed by atoms with Gasteiger partial charge in [0.25, 0.3) is 5.91 Å². The number of ether oxygens (including phenoxy) is 1. The summed E-state index contributed by atoms with van der Waals surface area (Å²) in [4.78, 5) is 16.0. The summed E-state index contributed by atoms with van der Waals surface area (Å²) in [5.74, 6) is 0.801. The Kier molecular flexibility index (Phi) is 3.09. The van der Waals surface area contributed by atoms with Gasteiger partial charge in [-0.3, -0.25) is 4.79 Å². The van der Waals surface area contributed by atoms with Gasteiger partial charge in [0.15, 0.2) is 17.7 Å². The van der Waals surface area contributed by atoms with Crippen molar-refractivity contribution in [1.29, 1.82) is 0 Å². The predicted molar refractivity (Wildman–Crippen MR) is 67.8 cm³/mol. The molecule has 1 aromatic heterocycles. The van der Waals surface area contributed by atoms with Crippen LogP contribution in [0.15, 0.2) is 16.7 Å². The van der Waals surface area contributed by atoms with Crippen molar-refractivity contribution in [3.8, 4) is 5.75 Å². The quantitative estimate of drug-likeness (QED) is 0.868. The van der Waals surface area contributed by atoms with Gasteiger partial charge in [0.2, 0.25) is 0 Å². The summed E-state index contributed by atoms with van der Waals surface area (Å²) in [6.45, 7) is 4.16. The molecule has 1 atom stereocenters. The normalized spacial score (nSPS) is 19.3. The number of hydrogen-bond acceptors (Lipinski definition) is 4. The maximum atomic E-state index is 11.9. The number of nitrogens with one attached hydrogen (secondary N) is 1. The third kappa shape index (κ3) is 2.28. The highest BCUT2D eigenvalue weighted by molar-refractivity contribution is 9.10. The number of nitrogens with zero attached hydrogens (tertiary/aromatic N) is 1. The van der Waals surface area contributed by atoms with Gasteiger partial charge in [0.05, 0.1) is 0 Å². The van der Waals surface area contributed by atoms with Crippen LogP contribution in [0.3, 0.4) is 0 Å². The molecule has 3 N–H and O–H groups in total. The first-order valence-corrected chi connectivity index (χ1v) is 6.06. The molecule has 0 aliphatic carbocycles. The van der Waals surface area contributed by atoms with Crippen molar-refractivity contribution in [1.82, 2.24) is 4.98 Å². The molecule has 1 aliphatic heterocycles. The molecule has 6 heteroatoms. The Balaban J connectivity index is 2.35. The van der Waals surface area contributed by atoms with Gasteiger partial charge in [-0.2, -0.15) is 0 Å². The van der Waals surface area contributed by atoms with Gasteiger partial charge in [-0.15, -0.1) is 0 Å². The van der Waals surface area contributed by atoms with E-state index < -0.39 is 11.5 Å². The largest absolute Gasteiger partial charge is 0.476 e. The standard InChI is InChI=1S/C11H14BrN3O2/c1-11(2,5-13)8-10(16)15-9-7(17-8)3-6(12)4-14-9/h3-4,8H,5,13H2,1-2H3,(H,14,15,16). The topological polar surface area (TPSA) is 77.2 Å². The number of anilines is 1. The fraction of sp³-hybridized carbons (Fsp3) is 0.455. The maximum Gasteiger partial charge on any atom is 0.267 e. The van der Waals surface area contributed by atoms with E-state index in [-0.39, 0.29) is 5.91 Å². The average molecular weight is 300 g/mol. The van der Waals surface area contributed by atoms with Crippen LogP contribution in [0.4, 0.5) is 5.82 Å². The van der Waals surface area contributed by atoms with Crippen LogP contribution in [0.2, 0.25) is 0 Å². The molecule has 0 radical (unpaired) electrons. The van der Waals surface area contributed by atoms with Gasteiger partial charge in [-0.05, 0) is 22.0 Å². The summed E-state index contributed by atoms with van der Waals surface area (Å²) in [7, 11) is 0. The van der Waals surface area contributed by atoms with E-state index >= 15 is 0 Å². The molecule has 1 aromatic rings. The molecule has 1 amide bonds. The van der Waals surface area contributed by atoms with Crippen LogP contribution in [-0.2, 0) is 4.79 Å². The summed E-state index contributed by atoms with van der Waals surface area (Å²) in [6, 6.07) is 1.78. The van der Waals surface area contributed by atoms with Crippen LogP contribution in [0.5, 0.6) is 5.75 Å². The van der Waals surface area contributed by atoms with Crippen molar-refractivity contribution in [2.45, 2.75) is 20.0 Å². The molecule has 92 valence electrons. The molecule has 0 saturated carbocycles. The van der Waals surface area contributed by atoms with E-state index in [1.165, 1.54) is 0 Å². The molecule has 5 nitrogen and oxygen atoms in total. The highest BCUT2D eigenvalue weighted by Gasteiger charge is 2.40. The molecule has 0 fully saturated rings. The van der Waals surface area contributed by atoms with Gasteiger partial charge >= 0.3 is 0 Å². The lowest BCUT2D eigenvalue weighted by molar-refractivity contribution is -0.128. The van der Waals surface area contributed by atoms with E-state index in [4.69, 9.17) is 10.5 Å². The molecule has 1 aliphatic rings. The second-order valence-corrected chi connectivity index (χ2v) is 5.60. The fourth-order valence-corrected chi connectivity index (χ4v) is 1.90. The van der Waals surface area contributed by atoms with Crippen molar-refractivity contribution in [2.24, 2.45) is 11.1 Å². The molecule has 2 heterocycles. The van der Waals surface area contributed by atoms with E-state index in [1.807, 2.05) is 13.8 Å². The zero-order valence-corrected chi connectivity index (χ0v) is 11.2. The van der Waals surface area contributed by atoms with E-state index in [0.717, 1.165) is 4.47 Å². The van der Waals surface area contributed by atoms with Crippen LogP contribution in [0.25, 0.3) is 0 Å². The highest BCUT2D eigenvalue weighted by atomic mass is 79.9. The number of carbonyl (C=O) groups is 1. The van der Waals surface area contributed by atoms with E-state index in [1.54, 1.807) is 12.3 Å². The van der Waals surface area contributed by atoms with E-state index in [9.17, 15) is 4.79 Å². The molecule has 0 saturated heterocycles. The van der Waals surface area contributed by atoms with Crippen LogP contribution < -0.4 is 15.8 Å². The first-order valence-electron chi connectivity index (χ1n) is 5.27. The first-order chi connectivity index (χ1) is 7.94. The first kappa shape index (κ1) is 12.3. The van der Waals surface area contributed by atoms with Crippen molar-refractivity contribution in [3.63, 3.8) is 0 Å². The molecule has 0 aromatic carbocycles. The fourth-order valence-electron chi connectivity index (χ4n) is 1.59. The maximum absolute atomic E-state index is 11.9. The zero-order valence-electron chi connectivity index (χ0n) is 9.66. The molecule has 0 bridgehead atoms. The smallest absolute Gasteiger partial charge is 0.267 e. The zero-order chi connectivity index (χ0) is 12.6. The second-order valence-electron chi connectivity index (χ2n) is 4.68. The number of carbonyl (C=O) groups excluding carboxylic acids is 1. The predicted octanol–water partition coefficient (Wildman–Crippen LogP) is 1.53. The molecule has 1 unspecified atom stereocenters. The average Bonchev–Trinajstić information content (AvgIpc) is 2.28. The lowest BCUT2D eigenvalue weighted by atomic mass is 9.85. The Hall–Kier alpha value is -1.14. The third-order valence-corrected chi connectivity index (χ3v) is 3.21. The summed E-state index contributed by atoms with van der Waals surface area (Å²) < 4.78 is 6.50. The monoisotopic (exact) mass is 299 g/mol. The number of halogens is 1. The Bertz CT molecular complexity index is 462. The van der Waals surface area contributed by atoms with Crippen molar-refractivity contribution in [2.75, 3.05) is 11.9 Å². The second kappa shape index (κ2) is 4.27. The Morgan fingerprint density at radius 1 is 1.65 bits per heavy atom. The lowest BCUT2D eigenvalue weighted by Crippen LogP contribution is -2.50. The summed E-state index contributed by atoms with van der Waals surface area (Å²) in [5.41, 5.74) is 5.24. The van der Waals surface area contributed by atoms with E-state index in [2.05, 4.69) is 26.2 Å². The molecule has 17 heavy (non-hydrogen) atoms. The van der Waals surface area contributed by atoms with Gasteiger partial charge < -0.3 is 15.8 Å². The Morgan fingerprint density at radius 3 is 3.00 bits per heavy atom. The number of rotatable bonds is 2. The van der Waals surface area contributed by atoms with Crippen molar-refractivity contribution in [3.05, 3.63) is 16.7 Å². The summed E-state index contributed by atoms with van der Waals surface area (Å²) >= 11 is 3.31. The van der Waals surface area contributed by atoms with Crippen LogP contribution in [-0.4, -0.2) is 23.5 Å². The van der Waals surface area contributed by atoms with Crippen molar-refractivity contribution < 1.29 is 9.53 Å². The highest BCUT2D eigenvalue weighted by Crippen LogP contribution is 2.34. The minimum absolute atomic E-state index is 0.206. The number of amides is 1. The van der Waals surface area contributed by atoms with Gasteiger partial charge in [0.1, 0.15) is 0 Å². The number of pyridine rings is 1. The molecule has 0 spiro atoms. The van der Waals surface area contributed by atoms with Gasteiger partial charge in [0, 0.05) is 22.6 Å². The molecular weight excluding hydrogens is 286 g/mol. The Labute approximate surface area is 108 Å². The molecular formula is C11H14BrN3O2. The van der Waals surface area contributed by atoms with Crippen LogP contribution in [0, 0.1) is 5.41 Å². The van der Waals surface area contributed by atoms with Gasteiger partial charge in [-0.1, -0.05) is 13.8 Å². The third-order valence-electron chi connectivity index (χ3n) is 2.78. The van der Waals surface area contributed by atoms with E-state index in [0.29, 0.717) is 18.1 Å². The summed E-state index contributed by atoms with van der Waals surface area (Å²) in [5, 5.41) is 2.73. The Morgan fingerprint density at radius 2 is 2.35 bits per heavy atom. The van der Waals surface area contributed by atoms with Gasteiger partial charge in [-0.25, -0.2) is 4.98 Å². The number of fused-ring (bicyclic) bond motifs is 1. The van der Waals surface area contributed by atoms with Crippen LogP contribution in [0.1, 0.15) is 13.8 Å².